The van der Waals surface area contributed by atoms with E-state index >= 15 is 0 Å². The van der Waals surface area contributed by atoms with Gasteiger partial charge in [-0.15, -0.1) is 0 Å². The van der Waals surface area contributed by atoms with Crippen LogP contribution in [-0.2, 0) is 14.3 Å². The van der Waals surface area contributed by atoms with Crippen molar-refractivity contribution >= 4 is 5.91 Å². The maximum absolute atomic E-state index is 11.0. The van der Waals surface area contributed by atoms with Gasteiger partial charge in [0.15, 0.2) is 6.29 Å². The van der Waals surface area contributed by atoms with Crippen LogP contribution in [-0.4, -0.2) is 25.3 Å². The molecule has 1 aromatic rings. The highest BCUT2D eigenvalue weighted by molar-refractivity contribution is 5.72. The maximum Gasteiger partial charge on any atom is 0.216 e. The number of carbonyl (C=O) groups excluding carboxylic acids is 1. The molecule has 100 valence electrons. The van der Waals surface area contributed by atoms with Gasteiger partial charge in [0, 0.05) is 13.5 Å². The third-order valence-electron chi connectivity index (χ3n) is 2.85. The molecule has 0 bridgehead atoms. The molecular formula is C13H19NO4. The van der Waals surface area contributed by atoms with Crippen molar-refractivity contribution < 1.29 is 18.7 Å². The molecule has 1 fully saturated rings. The van der Waals surface area contributed by atoms with Gasteiger partial charge >= 0.3 is 0 Å². The van der Waals surface area contributed by atoms with E-state index in [1.54, 1.807) is 12.3 Å². The number of carbonyl (C=O) groups is 1. The molecule has 0 aliphatic carbocycles. The molecule has 1 aliphatic heterocycles. The van der Waals surface area contributed by atoms with Crippen molar-refractivity contribution in [2.45, 2.75) is 38.6 Å². The zero-order valence-corrected chi connectivity index (χ0v) is 10.6. The Balaban J connectivity index is 1.93. The highest BCUT2D eigenvalue weighted by Crippen LogP contribution is 2.23. The molecule has 0 radical (unpaired) electrons. The van der Waals surface area contributed by atoms with Crippen LogP contribution in [0.2, 0.25) is 0 Å². The Morgan fingerprint density at radius 1 is 1.61 bits per heavy atom. The largest absolute Gasteiger partial charge is 0.467 e. The van der Waals surface area contributed by atoms with E-state index in [2.05, 4.69) is 5.32 Å². The predicted molar refractivity (Wildman–Crippen MR) is 64.8 cm³/mol. The van der Waals surface area contributed by atoms with Crippen molar-refractivity contribution in [2.75, 3.05) is 13.2 Å². The van der Waals surface area contributed by atoms with Gasteiger partial charge in [0.05, 0.1) is 12.8 Å². The summed E-state index contributed by atoms with van der Waals surface area (Å²) in [6.07, 6.45) is 4.17. The lowest BCUT2D eigenvalue weighted by molar-refractivity contribution is -0.192. The van der Waals surface area contributed by atoms with E-state index in [9.17, 15) is 4.79 Å². The quantitative estimate of drug-likeness (QED) is 0.871. The van der Waals surface area contributed by atoms with E-state index in [0.29, 0.717) is 12.3 Å². The monoisotopic (exact) mass is 253 g/mol. The lowest BCUT2D eigenvalue weighted by Crippen LogP contribution is -2.31. The molecule has 1 aromatic heterocycles. The van der Waals surface area contributed by atoms with Gasteiger partial charge in [-0.1, -0.05) is 0 Å². The topological polar surface area (TPSA) is 60.7 Å². The lowest BCUT2D eigenvalue weighted by Gasteiger charge is -2.26. The Hall–Kier alpha value is -1.33. The minimum absolute atomic E-state index is 0.0836. The Morgan fingerprint density at radius 2 is 2.50 bits per heavy atom. The van der Waals surface area contributed by atoms with E-state index in [4.69, 9.17) is 13.9 Å². The molecular weight excluding hydrogens is 234 g/mol. The van der Waals surface area contributed by atoms with Crippen LogP contribution in [0.5, 0.6) is 0 Å². The first-order valence-electron chi connectivity index (χ1n) is 6.30. The van der Waals surface area contributed by atoms with Crippen LogP contribution in [0.25, 0.3) is 0 Å². The van der Waals surface area contributed by atoms with Crippen molar-refractivity contribution in [1.82, 2.24) is 5.32 Å². The van der Waals surface area contributed by atoms with Crippen molar-refractivity contribution in [2.24, 2.45) is 0 Å². The Morgan fingerprint density at radius 3 is 3.11 bits per heavy atom. The van der Waals surface area contributed by atoms with Crippen molar-refractivity contribution in [3.63, 3.8) is 0 Å². The standard InChI is InChI=1S/C13H19NO4/c1-10(15)14-9-12(11-5-4-8-16-11)18-13-6-2-3-7-17-13/h4-5,8,12-13H,2-3,6-7,9H2,1H3,(H,14,15). The first-order chi connectivity index (χ1) is 8.75. The molecule has 1 N–H and O–H groups in total. The van der Waals surface area contributed by atoms with E-state index in [-0.39, 0.29) is 18.3 Å². The molecule has 0 spiro atoms. The van der Waals surface area contributed by atoms with Crippen LogP contribution >= 0.6 is 0 Å². The molecule has 1 amide bonds. The number of amides is 1. The number of rotatable bonds is 5. The normalized spacial score (nSPS) is 21.5. The highest BCUT2D eigenvalue weighted by atomic mass is 16.7. The van der Waals surface area contributed by atoms with Gasteiger partial charge in [-0.05, 0) is 31.4 Å². The summed E-state index contributed by atoms with van der Waals surface area (Å²) >= 11 is 0. The van der Waals surface area contributed by atoms with Crippen molar-refractivity contribution in [3.8, 4) is 0 Å². The maximum atomic E-state index is 11.0. The Bertz CT molecular complexity index is 357. The molecule has 0 aromatic carbocycles. The van der Waals surface area contributed by atoms with E-state index in [1.807, 2.05) is 6.07 Å². The smallest absolute Gasteiger partial charge is 0.216 e. The summed E-state index contributed by atoms with van der Waals surface area (Å²) in [6.45, 7) is 2.61. The Kier molecular flexibility index (Phi) is 4.78. The fourth-order valence-electron chi connectivity index (χ4n) is 1.93. The zero-order valence-electron chi connectivity index (χ0n) is 10.6. The van der Waals surface area contributed by atoms with Gasteiger partial charge < -0.3 is 19.2 Å². The molecule has 5 nitrogen and oxygen atoms in total. The summed E-state index contributed by atoms with van der Waals surface area (Å²) in [4.78, 5) is 11.0. The molecule has 5 heteroatoms. The molecule has 2 atom stereocenters. The van der Waals surface area contributed by atoms with Crippen LogP contribution in [0.1, 0.15) is 38.1 Å². The number of nitrogens with one attached hydrogen (secondary N) is 1. The second-order valence-electron chi connectivity index (χ2n) is 4.37. The van der Waals surface area contributed by atoms with Crippen LogP contribution in [0.4, 0.5) is 0 Å². The summed E-state index contributed by atoms with van der Waals surface area (Å²) in [7, 11) is 0. The average Bonchev–Trinajstić information content (AvgIpc) is 2.89. The SMILES string of the molecule is CC(=O)NCC(OC1CCCCO1)c1ccco1. The number of ether oxygens (including phenoxy) is 2. The first-order valence-corrected chi connectivity index (χ1v) is 6.30. The fourth-order valence-corrected chi connectivity index (χ4v) is 1.93. The van der Waals surface area contributed by atoms with Gasteiger partial charge in [-0.2, -0.15) is 0 Å². The van der Waals surface area contributed by atoms with Gasteiger partial charge in [0.25, 0.3) is 0 Å². The molecule has 0 saturated carbocycles. The summed E-state index contributed by atoms with van der Waals surface area (Å²) in [6, 6.07) is 3.65. The van der Waals surface area contributed by atoms with E-state index < -0.39 is 0 Å². The summed E-state index contributed by atoms with van der Waals surface area (Å²) in [5.41, 5.74) is 0. The predicted octanol–water partition coefficient (Wildman–Crippen LogP) is 2.00. The van der Waals surface area contributed by atoms with Gasteiger partial charge in [-0.3, -0.25) is 4.79 Å². The zero-order chi connectivity index (χ0) is 12.8. The van der Waals surface area contributed by atoms with Gasteiger partial charge in [0.2, 0.25) is 5.91 Å². The fraction of sp³-hybridized carbons (Fsp3) is 0.615. The second kappa shape index (κ2) is 6.56. The summed E-state index contributed by atoms with van der Waals surface area (Å²) in [5, 5.41) is 2.74. The summed E-state index contributed by atoms with van der Waals surface area (Å²) in [5.74, 6) is 0.623. The van der Waals surface area contributed by atoms with Crippen LogP contribution in [0, 0.1) is 0 Å². The van der Waals surface area contributed by atoms with E-state index in [0.717, 1.165) is 25.9 Å². The molecule has 2 rings (SSSR count). The third kappa shape index (κ3) is 3.85. The second-order valence-corrected chi connectivity index (χ2v) is 4.37. The number of furan rings is 1. The number of hydrogen-bond donors (Lipinski definition) is 1. The van der Waals surface area contributed by atoms with Crippen LogP contribution in [0.15, 0.2) is 22.8 Å². The average molecular weight is 253 g/mol. The molecule has 18 heavy (non-hydrogen) atoms. The third-order valence-corrected chi connectivity index (χ3v) is 2.85. The number of hydrogen-bond acceptors (Lipinski definition) is 4. The summed E-state index contributed by atoms with van der Waals surface area (Å²) < 4.78 is 16.7. The highest BCUT2D eigenvalue weighted by Gasteiger charge is 2.23. The molecule has 1 aliphatic rings. The molecule has 1 saturated heterocycles. The minimum Gasteiger partial charge on any atom is -0.467 e. The molecule has 2 unspecified atom stereocenters. The first kappa shape index (κ1) is 13.1. The van der Waals surface area contributed by atoms with E-state index in [1.165, 1.54) is 6.92 Å². The Labute approximate surface area is 106 Å². The van der Waals surface area contributed by atoms with Crippen molar-refractivity contribution in [3.05, 3.63) is 24.2 Å². The van der Waals surface area contributed by atoms with Crippen LogP contribution < -0.4 is 5.32 Å². The lowest BCUT2D eigenvalue weighted by atomic mass is 10.2. The van der Waals surface area contributed by atoms with Crippen LogP contribution in [0.3, 0.4) is 0 Å². The van der Waals surface area contributed by atoms with Crippen molar-refractivity contribution in [1.29, 1.82) is 0 Å². The minimum atomic E-state index is -0.299. The van der Waals surface area contributed by atoms with Gasteiger partial charge in [-0.25, -0.2) is 0 Å². The van der Waals surface area contributed by atoms with Gasteiger partial charge in [0.1, 0.15) is 11.9 Å². The molecule has 2 heterocycles.